The van der Waals surface area contributed by atoms with Gasteiger partial charge in [-0.05, 0) is 18.9 Å². The summed E-state index contributed by atoms with van der Waals surface area (Å²) in [5.74, 6) is 1.72. The lowest BCUT2D eigenvalue weighted by Crippen LogP contribution is -2.64. The highest BCUT2D eigenvalue weighted by molar-refractivity contribution is 5.54. The van der Waals surface area contributed by atoms with Crippen LogP contribution in [0.2, 0.25) is 0 Å². The van der Waals surface area contributed by atoms with Crippen LogP contribution in [0.15, 0.2) is 60.7 Å². The molecule has 4 heterocycles. The zero-order chi connectivity index (χ0) is 23.9. The second kappa shape index (κ2) is 9.20. The van der Waals surface area contributed by atoms with Gasteiger partial charge < -0.3 is 29.0 Å². The van der Waals surface area contributed by atoms with Gasteiger partial charge in [0, 0.05) is 18.5 Å². The van der Waals surface area contributed by atoms with Crippen LogP contribution in [0.4, 0.5) is 5.82 Å². The summed E-state index contributed by atoms with van der Waals surface area (Å²) in [6.07, 6.45) is -1.96. The van der Waals surface area contributed by atoms with E-state index < -0.39 is 18.5 Å². The molecule has 2 saturated heterocycles. The van der Waals surface area contributed by atoms with Crippen molar-refractivity contribution in [2.45, 2.75) is 50.8 Å². The first kappa shape index (κ1) is 22.4. The van der Waals surface area contributed by atoms with Crippen LogP contribution in [-0.4, -0.2) is 53.3 Å². The fourth-order valence-electron chi connectivity index (χ4n) is 5.27. The van der Waals surface area contributed by atoms with Gasteiger partial charge in [-0.15, -0.1) is 0 Å². The number of aliphatic hydroxyl groups is 1. The van der Waals surface area contributed by atoms with Crippen molar-refractivity contribution in [2.75, 3.05) is 18.6 Å². The molecule has 2 aromatic carbocycles. The molecular formula is C27H29N3O5. The van der Waals surface area contributed by atoms with E-state index in [9.17, 15) is 5.11 Å². The first-order chi connectivity index (χ1) is 17.1. The largest absolute Gasteiger partial charge is 0.472 e. The van der Waals surface area contributed by atoms with Crippen LogP contribution in [0.25, 0.3) is 0 Å². The van der Waals surface area contributed by atoms with Gasteiger partial charge in [-0.3, -0.25) is 0 Å². The van der Waals surface area contributed by atoms with Gasteiger partial charge in [0.15, 0.2) is 6.29 Å². The molecule has 1 unspecified atom stereocenters. The van der Waals surface area contributed by atoms with Gasteiger partial charge in [-0.2, -0.15) is 4.98 Å². The van der Waals surface area contributed by atoms with Gasteiger partial charge in [0.1, 0.15) is 36.7 Å². The van der Waals surface area contributed by atoms with Gasteiger partial charge in [-0.25, -0.2) is 4.98 Å². The minimum atomic E-state index is -0.743. The molecule has 0 spiro atoms. The van der Waals surface area contributed by atoms with Gasteiger partial charge in [0.2, 0.25) is 5.88 Å². The third-order valence-corrected chi connectivity index (χ3v) is 7.02. The van der Waals surface area contributed by atoms with Crippen molar-refractivity contribution in [1.29, 1.82) is 0 Å². The number of aromatic nitrogens is 2. The zero-order valence-corrected chi connectivity index (χ0v) is 19.8. The molecule has 3 aliphatic rings. The van der Waals surface area contributed by atoms with Crippen LogP contribution in [0.3, 0.4) is 0 Å². The second-order valence-electron chi connectivity index (χ2n) is 9.36. The minimum Gasteiger partial charge on any atom is -0.472 e. The summed E-state index contributed by atoms with van der Waals surface area (Å²) in [7, 11) is 1.94. The Morgan fingerprint density at radius 3 is 2.54 bits per heavy atom. The van der Waals surface area contributed by atoms with E-state index in [1.54, 1.807) is 0 Å². The highest BCUT2D eigenvalue weighted by Crippen LogP contribution is 2.44. The average molecular weight is 476 g/mol. The number of rotatable bonds is 4. The topological polar surface area (TPSA) is 86.2 Å². The normalized spacial score (nSPS) is 29.6. The summed E-state index contributed by atoms with van der Waals surface area (Å²) in [5, 5.41) is 11.5. The first-order valence-electron chi connectivity index (χ1n) is 12.0. The number of ether oxygens (including phenoxy) is 4. The standard InChI is InChI=1S/C27H29N3O5/c1-16-28-24-20(25(29-16)32-14-17-9-5-3-6-10-17)13-19-22(31)23-21(34-26(19)30(24)2)15-33-27(35-23)18-11-7-4-8-12-18/h3-12,19,21-23,26-27,31H,13-15H2,1-2H3/t19-,21+,22-,23-,26+,27?/m0/s1. The Morgan fingerprint density at radius 1 is 1.03 bits per heavy atom. The Labute approximate surface area is 204 Å². The lowest BCUT2D eigenvalue weighted by atomic mass is 9.82. The molecule has 0 saturated carbocycles. The fraction of sp³-hybridized carbons (Fsp3) is 0.407. The van der Waals surface area contributed by atoms with Crippen molar-refractivity contribution < 1.29 is 24.1 Å². The van der Waals surface area contributed by atoms with Gasteiger partial charge in [0.25, 0.3) is 0 Å². The zero-order valence-electron chi connectivity index (χ0n) is 19.8. The predicted octanol–water partition coefficient (Wildman–Crippen LogP) is 3.17. The maximum absolute atomic E-state index is 11.5. The molecule has 6 atom stereocenters. The smallest absolute Gasteiger partial charge is 0.222 e. The second-order valence-corrected chi connectivity index (χ2v) is 9.36. The summed E-state index contributed by atoms with van der Waals surface area (Å²) in [6.45, 7) is 2.61. The predicted molar refractivity (Wildman–Crippen MR) is 128 cm³/mol. The third kappa shape index (κ3) is 4.16. The molecule has 0 amide bonds. The van der Waals surface area contributed by atoms with Crippen LogP contribution in [0.1, 0.15) is 28.8 Å². The van der Waals surface area contributed by atoms with E-state index in [4.69, 9.17) is 23.9 Å². The Morgan fingerprint density at radius 2 is 1.77 bits per heavy atom. The Hall–Kier alpha value is -3.04. The molecule has 182 valence electrons. The number of anilines is 1. The monoisotopic (exact) mass is 475 g/mol. The molecule has 8 nitrogen and oxygen atoms in total. The molecule has 0 bridgehead atoms. The lowest BCUT2D eigenvalue weighted by Gasteiger charge is -2.52. The third-order valence-electron chi connectivity index (χ3n) is 7.02. The summed E-state index contributed by atoms with van der Waals surface area (Å²) in [4.78, 5) is 11.3. The van der Waals surface area contributed by atoms with E-state index in [1.165, 1.54) is 0 Å². The van der Waals surface area contributed by atoms with Crippen LogP contribution < -0.4 is 9.64 Å². The molecule has 3 aromatic rings. The van der Waals surface area contributed by atoms with Crippen molar-refractivity contribution in [3.63, 3.8) is 0 Å². The van der Waals surface area contributed by atoms with Crippen molar-refractivity contribution >= 4 is 5.82 Å². The maximum atomic E-state index is 11.5. The molecule has 0 aliphatic carbocycles. The van der Waals surface area contributed by atoms with E-state index in [-0.39, 0.29) is 18.2 Å². The molecular weight excluding hydrogens is 446 g/mol. The minimum absolute atomic E-state index is 0.228. The van der Waals surface area contributed by atoms with E-state index >= 15 is 0 Å². The van der Waals surface area contributed by atoms with Crippen molar-refractivity contribution in [2.24, 2.45) is 5.92 Å². The number of hydrogen-bond acceptors (Lipinski definition) is 8. The fourth-order valence-corrected chi connectivity index (χ4v) is 5.27. The van der Waals surface area contributed by atoms with Crippen LogP contribution in [0.5, 0.6) is 5.88 Å². The molecule has 6 rings (SSSR count). The SMILES string of the molecule is Cc1nc(OCc2ccccc2)c2c(n1)N(C)[C@@H]1O[C@@H]3COC(c4ccccc4)O[C@@H]3[C@@H](O)[C@@H]1C2. The summed E-state index contributed by atoms with van der Waals surface area (Å²) in [6, 6.07) is 19.8. The van der Waals surface area contributed by atoms with E-state index in [0.717, 1.165) is 22.5 Å². The molecule has 1 N–H and O–H groups in total. The maximum Gasteiger partial charge on any atom is 0.222 e. The molecule has 0 radical (unpaired) electrons. The van der Waals surface area contributed by atoms with E-state index in [1.807, 2.05) is 79.5 Å². The summed E-state index contributed by atoms with van der Waals surface area (Å²) < 4.78 is 24.8. The van der Waals surface area contributed by atoms with Crippen LogP contribution >= 0.6 is 0 Å². The van der Waals surface area contributed by atoms with Gasteiger partial charge >= 0.3 is 0 Å². The molecule has 1 aromatic heterocycles. The number of hydrogen-bond donors (Lipinski definition) is 1. The quantitative estimate of drug-likeness (QED) is 0.616. The summed E-state index contributed by atoms with van der Waals surface area (Å²) >= 11 is 0. The summed E-state index contributed by atoms with van der Waals surface area (Å²) in [5.41, 5.74) is 2.86. The molecule has 8 heteroatoms. The van der Waals surface area contributed by atoms with Crippen molar-refractivity contribution in [3.8, 4) is 5.88 Å². The van der Waals surface area contributed by atoms with E-state index in [0.29, 0.717) is 31.3 Å². The molecule has 2 fully saturated rings. The number of nitrogens with zero attached hydrogens (tertiary/aromatic N) is 3. The first-order valence-corrected chi connectivity index (χ1v) is 12.0. The molecule has 3 aliphatic heterocycles. The Kier molecular flexibility index (Phi) is 5.89. The number of aliphatic hydroxyl groups excluding tert-OH is 1. The Balaban J connectivity index is 1.26. The molecule has 35 heavy (non-hydrogen) atoms. The highest BCUT2D eigenvalue weighted by atomic mass is 16.7. The van der Waals surface area contributed by atoms with Crippen LogP contribution in [-0.2, 0) is 27.2 Å². The van der Waals surface area contributed by atoms with Crippen LogP contribution in [0, 0.1) is 12.8 Å². The average Bonchev–Trinajstić information content (AvgIpc) is 2.89. The van der Waals surface area contributed by atoms with E-state index in [2.05, 4.69) is 4.98 Å². The van der Waals surface area contributed by atoms with Gasteiger partial charge in [0.05, 0.1) is 18.3 Å². The van der Waals surface area contributed by atoms with Gasteiger partial charge in [-0.1, -0.05) is 60.7 Å². The number of aryl methyl sites for hydroxylation is 1. The highest BCUT2D eigenvalue weighted by Gasteiger charge is 2.52. The lowest BCUT2D eigenvalue weighted by molar-refractivity contribution is -0.322. The van der Waals surface area contributed by atoms with Crippen molar-refractivity contribution in [3.05, 3.63) is 83.2 Å². The van der Waals surface area contributed by atoms with Crippen molar-refractivity contribution in [1.82, 2.24) is 9.97 Å². The number of fused-ring (bicyclic) bond motifs is 3. The Bertz CT molecular complexity index is 1180. The number of benzene rings is 2.